The van der Waals surface area contributed by atoms with Crippen molar-refractivity contribution in [1.29, 1.82) is 0 Å². The van der Waals surface area contributed by atoms with Crippen LogP contribution in [-0.4, -0.2) is 9.97 Å². The van der Waals surface area contributed by atoms with Crippen LogP contribution in [0.3, 0.4) is 0 Å². The number of aromatic nitrogens is 2. The Labute approximate surface area is 124 Å². The van der Waals surface area contributed by atoms with Crippen molar-refractivity contribution in [2.24, 2.45) is 0 Å². The summed E-state index contributed by atoms with van der Waals surface area (Å²) >= 11 is 2.19. The van der Waals surface area contributed by atoms with E-state index in [9.17, 15) is 4.39 Å². The Bertz CT molecular complexity index is 653. The lowest BCUT2D eigenvalue weighted by Crippen LogP contribution is -2.05. The molecule has 0 saturated heterocycles. The van der Waals surface area contributed by atoms with Gasteiger partial charge in [-0.2, -0.15) is 0 Å². The average molecular weight is 369 g/mol. The van der Waals surface area contributed by atoms with Crippen LogP contribution in [0.5, 0.6) is 0 Å². The highest BCUT2D eigenvalue weighted by Crippen LogP contribution is 2.42. The Morgan fingerprint density at radius 3 is 2.74 bits per heavy atom. The summed E-state index contributed by atoms with van der Waals surface area (Å²) in [5.41, 5.74) is 8.63. The smallest absolute Gasteiger partial charge is 0.162 e. The summed E-state index contributed by atoms with van der Waals surface area (Å²) in [6.45, 7) is 1.92. The Morgan fingerprint density at radius 1 is 1.32 bits per heavy atom. The van der Waals surface area contributed by atoms with Crippen LogP contribution < -0.4 is 5.73 Å². The zero-order chi connectivity index (χ0) is 13.6. The van der Waals surface area contributed by atoms with Crippen LogP contribution in [0.15, 0.2) is 18.2 Å². The largest absolute Gasteiger partial charge is 0.383 e. The van der Waals surface area contributed by atoms with Crippen molar-refractivity contribution < 1.29 is 4.39 Å². The molecule has 0 aliphatic heterocycles. The number of nitrogen functional groups attached to an aromatic ring is 1. The van der Waals surface area contributed by atoms with Crippen LogP contribution in [0.2, 0.25) is 0 Å². The van der Waals surface area contributed by atoms with Gasteiger partial charge in [-0.1, -0.05) is 6.07 Å². The number of aryl methyl sites for hydroxylation is 1. The first-order valence-corrected chi connectivity index (χ1v) is 7.23. The number of hydrogen-bond donors (Lipinski definition) is 1. The maximum absolute atomic E-state index is 13.4. The van der Waals surface area contributed by atoms with Crippen LogP contribution in [0.25, 0.3) is 11.4 Å². The number of halogens is 2. The summed E-state index contributed by atoms with van der Waals surface area (Å²) in [5, 5.41) is 0. The van der Waals surface area contributed by atoms with Gasteiger partial charge in [-0.3, -0.25) is 0 Å². The van der Waals surface area contributed by atoms with Crippen LogP contribution in [-0.2, 0) is 0 Å². The molecule has 98 valence electrons. The highest BCUT2D eigenvalue weighted by molar-refractivity contribution is 14.1. The maximum Gasteiger partial charge on any atom is 0.162 e. The fourth-order valence-corrected chi connectivity index (χ4v) is 2.75. The highest BCUT2D eigenvalue weighted by Gasteiger charge is 2.29. The summed E-state index contributed by atoms with van der Waals surface area (Å²) in [6.07, 6.45) is 2.29. The zero-order valence-electron chi connectivity index (χ0n) is 10.5. The number of nitrogens with zero attached hydrogens (tertiary/aromatic N) is 2. The van der Waals surface area contributed by atoms with Gasteiger partial charge < -0.3 is 5.73 Å². The molecule has 2 aromatic rings. The van der Waals surface area contributed by atoms with Crippen molar-refractivity contribution in [2.45, 2.75) is 25.7 Å². The summed E-state index contributed by atoms with van der Waals surface area (Å²) in [4.78, 5) is 8.91. The van der Waals surface area contributed by atoms with Gasteiger partial charge in [0.25, 0.3) is 0 Å². The maximum atomic E-state index is 13.4. The molecule has 1 aromatic carbocycles. The van der Waals surface area contributed by atoms with E-state index >= 15 is 0 Å². The first-order valence-electron chi connectivity index (χ1n) is 6.15. The number of benzene rings is 1. The van der Waals surface area contributed by atoms with Crippen LogP contribution in [0.1, 0.15) is 30.0 Å². The lowest BCUT2D eigenvalue weighted by molar-refractivity contribution is 0.627. The van der Waals surface area contributed by atoms with Gasteiger partial charge in [0.05, 0.1) is 9.26 Å². The van der Waals surface area contributed by atoms with Gasteiger partial charge in [0.2, 0.25) is 0 Å². The van der Waals surface area contributed by atoms with Crippen molar-refractivity contribution >= 4 is 28.4 Å². The molecule has 1 fully saturated rings. The summed E-state index contributed by atoms with van der Waals surface area (Å²) in [7, 11) is 0. The molecule has 1 aromatic heterocycles. The lowest BCUT2D eigenvalue weighted by Gasteiger charge is -2.10. The molecule has 1 heterocycles. The second-order valence-corrected chi connectivity index (χ2v) is 5.94. The molecule has 0 bridgehead atoms. The first-order chi connectivity index (χ1) is 9.06. The van der Waals surface area contributed by atoms with Crippen molar-refractivity contribution in [2.75, 3.05) is 5.73 Å². The predicted octanol–water partition coefficient (Wildman–Crippen LogP) is 3.66. The minimum atomic E-state index is -0.283. The lowest BCUT2D eigenvalue weighted by atomic mass is 10.1. The molecule has 3 nitrogen and oxygen atoms in total. The molecule has 3 rings (SSSR count). The topological polar surface area (TPSA) is 51.8 Å². The first kappa shape index (κ1) is 12.8. The van der Waals surface area contributed by atoms with Crippen LogP contribution >= 0.6 is 22.6 Å². The van der Waals surface area contributed by atoms with E-state index in [0.717, 1.165) is 27.7 Å². The van der Waals surface area contributed by atoms with Gasteiger partial charge in [-0.25, -0.2) is 14.4 Å². The van der Waals surface area contributed by atoms with Crippen molar-refractivity contribution in [3.63, 3.8) is 0 Å². The third-order valence-corrected chi connectivity index (χ3v) is 4.41. The van der Waals surface area contributed by atoms with Crippen molar-refractivity contribution in [3.8, 4) is 11.4 Å². The van der Waals surface area contributed by atoms with Gasteiger partial charge >= 0.3 is 0 Å². The molecule has 0 unspecified atom stereocenters. The molecule has 0 radical (unpaired) electrons. The van der Waals surface area contributed by atoms with E-state index in [4.69, 9.17) is 5.73 Å². The Balaban J connectivity index is 2.17. The quantitative estimate of drug-likeness (QED) is 0.823. The molecule has 0 spiro atoms. The number of anilines is 1. The molecular weight excluding hydrogens is 356 g/mol. The van der Waals surface area contributed by atoms with Gasteiger partial charge in [-0.15, -0.1) is 0 Å². The molecular formula is C14H13FIN3. The van der Waals surface area contributed by atoms with E-state index in [2.05, 4.69) is 32.6 Å². The Hall–Kier alpha value is -1.24. The third-order valence-electron chi connectivity index (χ3n) is 3.31. The van der Waals surface area contributed by atoms with Gasteiger partial charge in [0.1, 0.15) is 11.6 Å². The van der Waals surface area contributed by atoms with Crippen LogP contribution in [0.4, 0.5) is 10.2 Å². The molecule has 0 amide bonds. The monoisotopic (exact) mass is 369 g/mol. The summed E-state index contributed by atoms with van der Waals surface area (Å²) in [6, 6.07) is 4.64. The van der Waals surface area contributed by atoms with Gasteiger partial charge in [-0.05, 0) is 60.1 Å². The molecule has 2 N–H and O–H groups in total. The third kappa shape index (κ3) is 2.43. The summed E-state index contributed by atoms with van der Waals surface area (Å²) < 4.78 is 14.3. The molecule has 1 aliphatic carbocycles. The van der Waals surface area contributed by atoms with Gasteiger partial charge in [0, 0.05) is 11.5 Å². The molecule has 1 saturated carbocycles. The second kappa shape index (κ2) is 4.70. The standard InChI is InChI=1S/C14H13FIN3/c1-7-2-5-9(15)6-10(7)14-18-12(8-3-4-8)11(16)13(17)19-14/h2,5-6,8H,3-4H2,1H3,(H2,17,18,19). The predicted molar refractivity (Wildman–Crippen MR) is 81.3 cm³/mol. The van der Waals surface area contributed by atoms with E-state index in [1.54, 1.807) is 6.07 Å². The van der Waals surface area contributed by atoms with Crippen molar-refractivity contribution in [1.82, 2.24) is 9.97 Å². The molecule has 19 heavy (non-hydrogen) atoms. The van der Waals surface area contributed by atoms with Crippen molar-refractivity contribution in [3.05, 3.63) is 38.8 Å². The number of hydrogen-bond acceptors (Lipinski definition) is 3. The molecule has 0 atom stereocenters. The fraction of sp³-hybridized carbons (Fsp3) is 0.286. The zero-order valence-corrected chi connectivity index (χ0v) is 12.6. The van der Waals surface area contributed by atoms with E-state index in [0.29, 0.717) is 23.1 Å². The summed E-state index contributed by atoms with van der Waals surface area (Å²) in [5.74, 6) is 1.21. The van der Waals surface area contributed by atoms with E-state index < -0.39 is 0 Å². The minimum absolute atomic E-state index is 0.283. The van der Waals surface area contributed by atoms with E-state index in [1.807, 2.05) is 6.92 Å². The Kier molecular flexibility index (Phi) is 3.16. The second-order valence-electron chi connectivity index (χ2n) is 4.87. The molecule has 5 heteroatoms. The van der Waals surface area contributed by atoms with E-state index in [1.165, 1.54) is 12.1 Å². The SMILES string of the molecule is Cc1ccc(F)cc1-c1nc(N)c(I)c(C2CC2)n1. The number of nitrogens with two attached hydrogens (primary N) is 1. The average Bonchev–Trinajstić information content (AvgIpc) is 3.20. The van der Waals surface area contributed by atoms with Gasteiger partial charge in [0.15, 0.2) is 5.82 Å². The van der Waals surface area contributed by atoms with E-state index in [-0.39, 0.29) is 5.82 Å². The normalized spacial score (nSPS) is 14.7. The number of rotatable bonds is 2. The highest BCUT2D eigenvalue weighted by atomic mass is 127. The molecule has 1 aliphatic rings. The van der Waals surface area contributed by atoms with Crippen LogP contribution in [0, 0.1) is 16.3 Å². The minimum Gasteiger partial charge on any atom is -0.383 e. The fourth-order valence-electron chi connectivity index (χ4n) is 2.07. The Morgan fingerprint density at radius 2 is 2.05 bits per heavy atom.